The van der Waals surface area contributed by atoms with Gasteiger partial charge in [-0.2, -0.15) is 39.1 Å². The summed E-state index contributed by atoms with van der Waals surface area (Å²) in [7, 11) is -5.50. The monoisotopic (exact) mass is 355 g/mol. The second kappa shape index (κ2) is 5.52. The molecule has 1 amide bonds. The van der Waals surface area contributed by atoms with Gasteiger partial charge in [0.25, 0.3) is 0 Å². The highest BCUT2D eigenvalue weighted by molar-refractivity contribution is 7.90. The summed E-state index contributed by atoms with van der Waals surface area (Å²) in [5, 5.41) is 0. The quantitative estimate of drug-likeness (QED) is 0.713. The van der Waals surface area contributed by atoms with E-state index in [2.05, 4.69) is 0 Å². The maximum atomic E-state index is 12.6. The Balaban J connectivity index is 3.46. The molecule has 0 radical (unpaired) electrons. The van der Waals surface area contributed by atoms with E-state index in [1.54, 1.807) is 0 Å². The molecule has 0 fully saturated rings. The summed E-state index contributed by atoms with van der Waals surface area (Å²) in [5.74, 6) is -3.12. The van der Waals surface area contributed by atoms with Crippen LogP contribution in [0.3, 0.4) is 0 Å². The first-order chi connectivity index (χ1) is 9.75. The summed E-state index contributed by atoms with van der Waals surface area (Å²) in [6, 6.07) is 0. The minimum atomic E-state index is -6.54. The first-order valence-electron chi connectivity index (χ1n) is 5.63. The number of carbonyl (C=O) groups is 1. The summed E-state index contributed by atoms with van der Waals surface area (Å²) in [6.45, 7) is 1.24. The van der Waals surface area contributed by atoms with Gasteiger partial charge in [-0.05, 0) is 6.92 Å². The highest BCUT2D eigenvalue weighted by Crippen LogP contribution is 2.34. The van der Waals surface area contributed by atoms with Crippen LogP contribution >= 0.6 is 0 Å². The summed E-state index contributed by atoms with van der Waals surface area (Å²) in [5.41, 5.74) is -6.06. The van der Waals surface area contributed by atoms with E-state index in [-0.39, 0.29) is 6.54 Å². The Morgan fingerprint density at radius 3 is 2.05 bits per heavy atom. The van der Waals surface area contributed by atoms with Crippen LogP contribution in [-0.2, 0) is 14.8 Å². The van der Waals surface area contributed by atoms with E-state index in [4.69, 9.17) is 0 Å². The lowest BCUT2D eigenvalue weighted by atomic mass is 10.5. The van der Waals surface area contributed by atoms with E-state index in [0.29, 0.717) is 0 Å². The second-order valence-corrected chi connectivity index (χ2v) is 6.00. The zero-order valence-corrected chi connectivity index (χ0v) is 12.0. The van der Waals surface area contributed by atoms with Crippen LogP contribution in [0.4, 0.5) is 26.3 Å². The number of rotatable bonds is 3. The molecule has 0 aromatic rings. The number of halogens is 6. The highest BCUT2D eigenvalue weighted by Gasteiger charge is 2.60. The lowest BCUT2D eigenvalue weighted by Crippen LogP contribution is -2.61. The van der Waals surface area contributed by atoms with Gasteiger partial charge in [0.05, 0.1) is 0 Å². The molecule has 6 nitrogen and oxygen atoms in total. The molecule has 0 saturated heterocycles. The Morgan fingerprint density at radius 1 is 1.18 bits per heavy atom. The molecular weight excluding hydrogens is 344 g/mol. The minimum Gasteiger partial charge on any atom is -0.341 e. The third kappa shape index (κ3) is 3.08. The van der Waals surface area contributed by atoms with Crippen LogP contribution < -0.4 is 0 Å². The van der Waals surface area contributed by atoms with Crippen LogP contribution in [0.15, 0.2) is 12.4 Å². The number of amides is 1. The van der Waals surface area contributed by atoms with E-state index in [0.717, 1.165) is 29.2 Å². The summed E-state index contributed by atoms with van der Waals surface area (Å²) < 4.78 is 97.2. The Bertz CT molecular complexity index is 570. The molecule has 128 valence electrons. The molecule has 1 aliphatic rings. The van der Waals surface area contributed by atoms with Crippen molar-refractivity contribution in [1.82, 2.24) is 14.1 Å². The average molecular weight is 355 g/mol. The topological polar surface area (TPSA) is 60.9 Å². The van der Waals surface area contributed by atoms with Crippen molar-refractivity contribution >= 4 is 15.9 Å². The van der Waals surface area contributed by atoms with E-state index in [9.17, 15) is 39.6 Å². The van der Waals surface area contributed by atoms with Gasteiger partial charge in [0, 0.05) is 26.0 Å². The van der Waals surface area contributed by atoms with Crippen molar-refractivity contribution < 1.29 is 39.6 Å². The van der Waals surface area contributed by atoms with E-state index in [1.165, 1.54) is 6.92 Å². The highest BCUT2D eigenvalue weighted by atomic mass is 32.2. The predicted molar refractivity (Wildman–Crippen MR) is 60.9 cm³/mol. The number of sulfonamides is 1. The zero-order chi connectivity index (χ0) is 17.5. The lowest BCUT2D eigenvalue weighted by molar-refractivity contribution is -0.187. The maximum Gasteiger partial charge on any atom is 0.516 e. The molecular formula is C9H11F6N3O3S. The minimum absolute atomic E-state index is 0.124. The van der Waals surface area contributed by atoms with Crippen LogP contribution in [0, 0.1) is 0 Å². The van der Waals surface area contributed by atoms with Crippen molar-refractivity contribution in [2.75, 3.05) is 13.6 Å². The van der Waals surface area contributed by atoms with E-state index >= 15 is 0 Å². The molecule has 22 heavy (non-hydrogen) atoms. The molecule has 1 atom stereocenters. The van der Waals surface area contributed by atoms with Gasteiger partial charge < -0.3 is 9.80 Å². The first-order valence-corrected chi connectivity index (χ1v) is 7.07. The van der Waals surface area contributed by atoms with Gasteiger partial charge >= 0.3 is 27.6 Å². The molecule has 0 N–H and O–H groups in total. The SMILES string of the molecule is CCN1C=CN(C)C1N(C(=O)C(F)(F)F)S(=O)(=O)C(F)(F)F. The summed E-state index contributed by atoms with van der Waals surface area (Å²) in [4.78, 5) is 12.9. The first kappa shape index (κ1) is 18.4. The molecule has 0 spiro atoms. The molecule has 1 unspecified atom stereocenters. The fourth-order valence-corrected chi connectivity index (χ4v) is 2.79. The van der Waals surface area contributed by atoms with Gasteiger partial charge in [-0.25, -0.2) is 0 Å². The second-order valence-electron chi connectivity index (χ2n) is 4.19. The standard InChI is InChI=1S/C9H11F6N3O3S/c1-3-17-5-4-16(2)7(17)18(6(19)8(10,11)12)22(20,21)9(13,14)15/h4-5,7H,3H2,1-2H3. The smallest absolute Gasteiger partial charge is 0.341 e. The van der Waals surface area contributed by atoms with Gasteiger partial charge in [-0.15, -0.1) is 0 Å². The van der Waals surface area contributed by atoms with Gasteiger partial charge in [0.2, 0.25) is 0 Å². The van der Waals surface area contributed by atoms with Crippen molar-refractivity contribution in [1.29, 1.82) is 0 Å². The molecule has 0 aromatic heterocycles. The predicted octanol–water partition coefficient (Wildman–Crippen LogP) is 1.25. The molecule has 0 aliphatic carbocycles. The molecule has 0 saturated carbocycles. The van der Waals surface area contributed by atoms with E-state index in [1.807, 2.05) is 0 Å². The third-order valence-corrected chi connectivity index (χ3v) is 4.18. The number of hydrogen-bond acceptors (Lipinski definition) is 5. The number of alkyl halides is 6. The molecule has 0 aromatic carbocycles. The molecule has 13 heteroatoms. The van der Waals surface area contributed by atoms with Gasteiger partial charge in [0.15, 0.2) is 6.29 Å². The Labute approximate surface area is 121 Å². The van der Waals surface area contributed by atoms with Gasteiger partial charge in [-0.1, -0.05) is 0 Å². The Morgan fingerprint density at radius 2 is 1.68 bits per heavy atom. The fourth-order valence-electron chi connectivity index (χ4n) is 1.72. The van der Waals surface area contributed by atoms with E-state index < -0.39 is 38.2 Å². The van der Waals surface area contributed by atoms with Gasteiger partial charge in [0.1, 0.15) is 0 Å². The normalized spacial score (nSPS) is 19.7. The van der Waals surface area contributed by atoms with Crippen molar-refractivity contribution in [3.8, 4) is 0 Å². The number of carbonyl (C=O) groups excluding carboxylic acids is 1. The fraction of sp³-hybridized carbons (Fsp3) is 0.667. The van der Waals surface area contributed by atoms with Crippen molar-refractivity contribution in [2.24, 2.45) is 0 Å². The Kier molecular flexibility index (Phi) is 4.61. The van der Waals surface area contributed by atoms with Crippen LogP contribution in [-0.4, -0.2) is 60.0 Å². The molecule has 1 aliphatic heterocycles. The van der Waals surface area contributed by atoms with Crippen LogP contribution in [0.2, 0.25) is 0 Å². The molecule has 0 bridgehead atoms. The summed E-state index contributed by atoms with van der Waals surface area (Å²) >= 11 is 0. The summed E-state index contributed by atoms with van der Waals surface area (Å²) in [6.07, 6.45) is -5.75. The van der Waals surface area contributed by atoms with Crippen LogP contribution in [0.1, 0.15) is 6.92 Å². The zero-order valence-electron chi connectivity index (χ0n) is 11.2. The van der Waals surface area contributed by atoms with Crippen LogP contribution in [0.25, 0.3) is 0 Å². The van der Waals surface area contributed by atoms with Crippen molar-refractivity contribution in [3.63, 3.8) is 0 Å². The van der Waals surface area contributed by atoms with Gasteiger partial charge in [-0.3, -0.25) is 4.79 Å². The number of nitrogens with zero attached hydrogens (tertiary/aromatic N) is 3. The molecule has 1 heterocycles. The molecule has 1 rings (SSSR count). The van der Waals surface area contributed by atoms with Crippen molar-refractivity contribution in [2.45, 2.75) is 24.9 Å². The maximum absolute atomic E-state index is 12.6. The van der Waals surface area contributed by atoms with Crippen molar-refractivity contribution in [3.05, 3.63) is 12.4 Å². The lowest BCUT2D eigenvalue weighted by Gasteiger charge is -2.38. The Hall–Kier alpha value is -1.66. The average Bonchev–Trinajstić information content (AvgIpc) is 2.68. The third-order valence-electron chi connectivity index (χ3n) is 2.72. The largest absolute Gasteiger partial charge is 0.516 e. The number of hydrogen-bond donors (Lipinski definition) is 0. The van der Waals surface area contributed by atoms with Crippen LogP contribution in [0.5, 0.6) is 0 Å².